The zero-order valence-corrected chi connectivity index (χ0v) is 16.2. The van der Waals surface area contributed by atoms with Crippen LogP contribution in [0.25, 0.3) is 0 Å². The predicted molar refractivity (Wildman–Crippen MR) is 104 cm³/mol. The molecule has 2 heterocycles. The van der Waals surface area contributed by atoms with E-state index in [2.05, 4.69) is 60.0 Å². The van der Waals surface area contributed by atoms with Gasteiger partial charge >= 0.3 is 0 Å². The molecule has 0 saturated carbocycles. The van der Waals surface area contributed by atoms with E-state index in [1.165, 1.54) is 37.1 Å². The van der Waals surface area contributed by atoms with Crippen molar-refractivity contribution < 1.29 is 5.11 Å². The summed E-state index contributed by atoms with van der Waals surface area (Å²) in [7, 11) is 4.28. The number of benzene rings is 1. The lowest BCUT2D eigenvalue weighted by molar-refractivity contribution is 0.0375. The number of aliphatic hydroxyl groups excluding tert-OH is 1. The first-order valence-corrected chi connectivity index (χ1v) is 9.92. The Morgan fingerprint density at radius 2 is 1.76 bits per heavy atom. The molecule has 1 aromatic carbocycles. The van der Waals surface area contributed by atoms with E-state index in [-0.39, 0.29) is 6.10 Å². The Bertz CT molecular complexity index is 532. The second-order valence-corrected chi connectivity index (χ2v) is 8.16. The first kappa shape index (κ1) is 18.8. The third-order valence-corrected chi connectivity index (χ3v) is 6.19. The van der Waals surface area contributed by atoms with Crippen molar-refractivity contribution in [1.82, 2.24) is 14.7 Å². The maximum Gasteiger partial charge on any atom is 0.0564 e. The third-order valence-electron chi connectivity index (χ3n) is 6.19. The molecule has 0 amide bonds. The van der Waals surface area contributed by atoms with Gasteiger partial charge in [0.15, 0.2) is 0 Å². The summed E-state index contributed by atoms with van der Waals surface area (Å²) in [6.07, 6.45) is 4.38. The van der Waals surface area contributed by atoms with E-state index in [0.717, 1.165) is 38.5 Å². The molecule has 2 aliphatic rings. The number of hydrogen-bond donors (Lipinski definition) is 1. The van der Waals surface area contributed by atoms with Crippen LogP contribution in [0.3, 0.4) is 0 Å². The van der Waals surface area contributed by atoms with Gasteiger partial charge in [-0.05, 0) is 70.9 Å². The summed E-state index contributed by atoms with van der Waals surface area (Å²) in [4.78, 5) is 7.48. The van der Waals surface area contributed by atoms with Gasteiger partial charge in [0.25, 0.3) is 0 Å². The van der Waals surface area contributed by atoms with Crippen LogP contribution in [0, 0.1) is 0 Å². The van der Waals surface area contributed by atoms with Crippen molar-refractivity contribution in [2.45, 2.75) is 57.3 Å². The Morgan fingerprint density at radius 1 is 1.08 bits per heavy atom. The van der Waals surface area contributed by atoms with Gasteiger partial charge in [0.2, 0.25) is 0 Å². The minimum absolute atomic E-state index is 0.0619. The molecular weight excluding hydrogens is 310 g/mol. The van der Waals surface area contributed by atoms with Crippen LogP contribution in [0.4, 0.5) is 0 Å². The van der Waals surface area contributed by atoms with E-state index in [9.17, 15) is 5.11 Å². The molecule has 0 aliphatic carbocycles. The zero-order chi connectivity index (χ0) is 17.8. The van der Waals surface area contributed by atoms with Crippen molar-refractivity contribution in [3.8, 4) is 0 Å². The number of piperidine rings is 2. The summed E-state index contributed by atoms with van der Waals surface area (Å²) in [6.45, 7) is 7.88. The predicted octanol–water partition coefficient (Wildman–Crippen LogP) is 2.73. The molecule has 0 bridgehead atoms. The molecule has 140 valence electrons. The van der Waals surface area contributed by atoms with Crippen LogP contribution < -0.4 is 0 Å². The Balaban J connectivity index is 1.50. The monoisotopic (exact) mass is 345 g/mol. The number of rotatable bonds is 5. The Morgan fingerprint density at radius 3 is 2.40 bits per heavy atom. The molecule has 4 nitrogen and oxygen atoms in total. The fraction of sp³-hybridized carbons (Fsp3) is 0.714. The van der Waals surface area contributed by atoms with Gasteiger partial charge in [0.05, 0.1) is 6.10 Å². The van der Waals surface area contributed by atoms with Crippen molar-refractivity contribution in [3.63, 3.8) is 0 Å². The fourth-order valence-corrected chi connectivity index (χ4v) is 4.20. The van der Waals surface area contributed by atoms with Gasteiger partial charge in [-0.25, -0.2) is 0 Å². The van der Waals surface area contributed by atoms with Crippen LogP contribution in [0.5, 0.6) is 0 Å². The molecule has 25 heavy (non-hydrogen) atoms. The van der Waals surface area contributed by atoms with Gasteiger partial charge in [-0.15, -0.1) is 0 Å². The largest absolute Gasteiger partial charge is 0.393 e. The Hall–Kier alpha value is -0.940. The maximum absolute atomic E-state index is 9.69. The number of nitrogens with zero attached hydrogens (tertiary/aromatic N) is 3. The molecule has 2 fully saturated rings. The highest BCUT2D eigenvalue weighted by molar-refractivity contribution is 5.25. The SMILES string of the molecule is CC(c1cccc(CN2CCC(N3CCC(O)CC3)CC2)c1)N(C)C. The molecular formula is C21H35N3O. The average molecular weight is 346 g/mol. The van der Waals surface area contributed by atoms with Crippen LogP contribution in [0.2, 0.25) is 0 Å². The number of likely N-dealkylation sites (tertiary alicyclic amines) is 2. The van der Waals surface area contributed by atoms with Gasteiger partial charge in [-0.3, -0.25) is 4.90 Å². The molecule has 0 aromatic heterocycles. The van der Waals surface area contributed by atoms with Gasteiger partial charge < -0.3 is 14.9 Å². The van der Waals surface area contributed by atoms with Crippen LogP contribution in [-0.4, -0.2) is 72.2 Å². The number of hydrogen-bond acceptors (Lipinski definition) is 4. The average Bonchev–Trinajstić information content (AvgIpc) is 2.62. The Labute approximate surface area is 153 Å². The molecule has 2 aliphatic heterocycles. The highest BCUT2D eigenvalue weighted by Gasteiger charge is 2.27. The van der Waals surface area contributed by atoms with Crippen LogP contribution >= 0.6 is 0 Å². The van der Waals surface area contributed by atoms with E-state index >= 15 is 0 Å². The second kappa shape index (κ2) is 8.63. The number of aliphatic hydroxyl groups is 1. The van der Waals surface area contributed by atoms with Crippen LogP contribution in [0.1, 0.15) is 49.8 Å². The maximum atomic E-state index is 9.69. The smallest absolute Gasteiger partial charge is 0.0564 e. The first-order valence-electron chi connectivity index (χ1n) is 9.92. The van der Waals surface area contributed by atoms with E-state index in [1.54, 1.807) is 0 Å². The molecule has 4 heteroatoms. The normalized spacial score (nSPS) is 23.2. The summed E-state index contributed by atoms with van der Waals surface area (Å²) in [5, 5.41) is 9.69. The van der Waals surface area contributed by atoms with Crippen molar-refractivity contribution >= 4 is 0 Å². The molecule has 0 spiro atoms. The summed E-state index contributed by atoms with van der Waals surface area (Å²) in [5.74, 6) is 0. The molecule has 1 aromatic rings. The molecule has 3 rings (SSSR count). The molecule has 0 radical (unpaired) electrons. The lowest BCUT2D eigenvalue weighted by atomic mass is 9.98. The Kier molecular flexibility index (Phi) is 6.50. The van der Waals surface area contributed by atoms with Gasteiger partial charge in [-0.1, -0.05) is 24.3 Å². The van der Waals surface area contributed by atoms with Gasteiger partial charge in [-0.2, -0.15) is 0 Å². The summed E-state index contributed by atoms with van der Waals surface area (Å²) in [5.41, 5.74) is 2.84. The van der Waals surface area contributed by atoms with Crippen molar-refractivity contribution in [1.29, 1.82) is 0 Å². The summed E-state index contributed by atoms with van der Waals surface area (Å²) < 4.78 is 0. The van der Waals surface area contributed by atoms with Crippen molar-refractivity contribution in [2.24, 2.45) is 0 Å². The van der Waals surface area contributed by atoms with E-state index < -0.39 is 0 Å². The van der Waals surface area contributed by atoms with Crippen LogP contribution in [-0.2, 0) is 6.54 Å². The molecule has 1 N–H and O–H groups in total. The standard InChI is InChI=1S/C21H35N3O/c1-17(22(2)3)19-6-4-5-18(15-19)16-23-11-7-20(8-12-23)24-13-9-21(25)10-14-24/h4-6,15,17,20-21,25H,7-14,16H2,1-3H3. The quantitative estimate of drug-likeness (QED) is 0.889. The molecule has 2 saturated heterocycles. The van der Waals surface area contributed by atoms with Crippen molar-refractivity contribution in [2.75, 3.05) is 40.3 Å². The van der Waals surface area contributed by atoms with Crippen LogP contribution in [0.15, 0.2) is 24.3 Å². The highest BCUT2D eigenvalue weighted by atomic mass is 16.3. The molecule has 1 atom stereocenters. The van der Waals surface area contributed by atoms with E-state index in [4.69, 9.17) is 0 Å². The lowest BCUT2D eigenvalue weighted by Gasteiger charge is -2.41. The zero-order valence-electron chi connectivity index (χ0n) is 16.2. The minimum Gasteiger partial charge on any atom is -0.393 e. The van der Waals surface area contributed by atoms with Crippen molar-refractivity contribution in [3.05, 3.63) is 35.4 Å². The lowest BCUT2D eigenvalue weighted by Crippen LogP contribution is -2.48. The summed E-state index contributed by atoms with van der Waals surface area (Å²) >= 11 is 0. The first-order chi connectivity index (χ1) is 12.0. The summed E-state index contributed by atoms with van der Waals surface area (Å²) in [6, 6.07) is 10.3. The van der Waals surface area contributed by atoms with Gasteiger partial charge in [0, 0.05) is 31.7 Å². The van der Waals surface area contributed by atoms with Gasteiger partial charge in [0.1, 0.15) is 0 Å². The minimum atomic E-state index is -0.0619. The van der Waals surface area contributed by atoms with E-state index in [0.29, 0.717) is 6.04 Å². The van der Waals surface area contributed by atoms with E-state index in [1.807, 2.05) is 0 Å². The second-order valence-electron chi connectivity index (χ2n) is 8.16. The topological polar surface area (TPSA) is 30.0 Å². The fourth-order valence-electron chi connectivity index (χ4n) is 4.20. The third kappa shape index (κ3) is 5.04. The molecule has 1 unspecified atom stereocenters. The highest BCUT2D eigenvalue weighted by Crippen LogP contribution is 2.23.